The zero-order valence-electron chi connectivity index (χ0n) is 24.9. The van der Waals surface area contributed by atoms with Crippen LogP contribution in [0.5, 0.6) is 0 Å². The molecule has 46 heavy (non-hydrogen) atoms. The Morgan fingerprint density at radius 1 is 0.370 bits per heavy atom. The standard InChI is InChI=1S/C43H27N3/c44-28-29-22-24-42(45-38-18-8-4-14-32(38)33-15-5-9-19-39(33)45)36(26-29)34-16-6-10-20-40(34)46-41-21-11-7-17-35(41)37-27-31(23-25-43(37)46)30-12-2-1-3-13-30/h1-27H. The molecule has 0 atom stereocenters. The predicted octanol–water partition coefficient (Wildman–Crippen LogP) is 11.1. The van der Waals surface area contributed by atoms with Crippen molar-refractivity contribution in [2.24, 2.45) is 0 Å². The second kappa shape index (κ2) is 10.4. The van der Waals surface area contributed by atoms with Crippen LogP contribution in [0.15, 0.2) is 164 Å². The lowest BCUT2D eigenvalue weighted by molar-refractivity contribution is 1.16. The first-order valence-corrected chi connectivity index (χ1v) is 15.5. The maximum Gasteiger partial charge on any atom is 0.0991 e. The maximum absolute atomic E-state index is 10.1. The molecular formula is C43H27N3. The molecule has 0 saturated heterocycles. The molecule has 0 radical (unpaired) electrons. The van der Waals surface area contributed by atoms with E-state index in [0.29, 0.717) is 5.56 Å². The molecule has 0 N–H and O–H groups in total. The van der Waals surface area contributed by atoms with E-state index in [1.165, 1.54) is 32.7 Å². The van der Waals surface area contributed by atoms with Crippen molar-refractivity contribution < 1.29 is 0 Å². The number of fused-ring (bicyclic) bond motifs is 6. The van der Waals surface area contributed by atoms with Crippen LogP contribution in [0.2, 0.25) is 0 Å². The Kier molecular flexibility index (Phi) is 5.88. The normalized spacial score (nSPS) is 11.5. The van der Waals surface area contributed by atoms with Crippen molar-refractivity contribution in [2.75, 3.05) is 0 Å². The minimum absolute atomic E-state index is 0.629. The number of benzene rings is 7. The van der Waals surface area contributed by atoms with E-state index < -0.39 is 0 Å². The highest BCUT2D eigenvalue weighted by atomic mass is 15.0. The molecule has 0 fully saturated rings. The minimum Gasteiger partial charge on any atom is -0.309 e. The minimum atomic E-state index is 0.629. The van der Waals surface area contributed by atoms with Gasteiger partial charge in [0.1, 0.15) is 0 Å². The van der Waals surface area contributed by atoms with Gasteiger partial charge in [-0.15, -0.1) is 0 Å². The van der Waals surface area contributed by atoms with E-state index in [9.17, 15) is 5.26 Å². The summed E-state index contributed by atoms with van der Waals surface area (Å²) < 4.78 is 4.72. The van der Waals surface area contributed by atoms with E-state index in [4.69, 9.17) is 0 Å². The molecule has 9 aromatic rings. The zero-order valence-corrected chi connectivity index (χ0v) is 24.9. The number of hydrogen-bond donors (Lipinski definition) is 0. The first-order valence-electron chi connectivity index (χ1n) is 15.5. The Labute approximate surface area is 266 Å². The average Bonchev–Trinajstić information content (AvgIpc) is 3.64. The second-order valence-electron chi connectivity index (χ2n) is 11.7. The molecule has 0 saturated carbocycles. The van der Waals surface area contributed by atoms with Gasteiger partial charge in [0, 0.05) is 32.7 Å². The van der Waals surface area contributed by atoms with E-state index in [1.807, 2.05) is 12.1 Å². The van der Waals surface area contributed by atoms with Crippen molar-refractivity contribution in [2.45, 2.75) is 0 Å². The molecule has 0 aliphatic heterocycles. The van der Waals surface area contributed by atoms with Gasteiger partial charge in [0.2, 0.25) is 0 Å². The van der Waals surface area contributed by atoms with E-state index in [1.54, 1.807) is 0 Å². The molecule has 0 aliphatic carbocycles. The molecule has 2 heterocycles. The molecule has 214 valence electrons. The second-order valence-corrected chi connectivity index (χ2v) is 11.7. The molecular weight excluding hydrogens is 558 g/mol. The Morgan fingerprint density at radius 3 is 1.54 bits per heavy atom. The van der Waals surface area contributed by atoms with Crippen LogP contribution in [0.1, 0.15) is 5.56 Å². The van der Waals surface area contributed by atoms with Crippen LogP contribution in [-0.2, 0) is 0 Å². The summed E-state index contributed by atoms with van der Waals surface area (Å²) in [5.41, 5.74) is 11.8. The lowest BCUT2D eigenvalue weighted by Crippen LogP contribution is -2.02. The van der Waals surface area contributed by atoms with Crippen LogP contribution in [0, 0.1) is 11.3 Å². The third kappa shape index (κ3) is 3.91. The van der Waals surface area contributed by atoms with E-state index >= 15 is 0 Å². The summed E-state index contributed by atoms with van der Waals surface area (Å²) in [6, 6.07) is 60.1. The fourth-order valence-electron chi connectivity index (χ4n) is 7.14. The molecule has 0 bridgehead atoms. The van der Waals surface area contributed by atoms with Crippen LogP contribution < -0.4 is 0 Å². The third-order valence-electron chi connectivity index (χ3n) is 9.16. The first-order chi connectivity index (χ1) is 22.8. The van der Waals surface area contributed by atoms with Gasteiger partial charge in [-0.25, -0.2) is 0 Å². The molecule has 3 heteroatoms. The monoisotopic (exact) mass is 585 g/mol. The smallest absolute Gasteiger partial charge is 0.0991 e. The van der Waals surface area contributed by atoms with Gasteiger partial charge in [0.15, 0.2) is 0 Å². The van der Waals surface area contributed by atoms with Crippen molar-refractivity contribution in [1.29, 1.82) is 5.26 Å². The molecule has 0 amide bonds. The summed E-state index contributed by atoms with van der Waals surface area (Å²) in [5, 5.41) is 14.9. The third-order valence-corrected chi connectivity index (χ3v) is 9.16. The lowest BCUT2D eigenvalue weighted by atomic mass is 9.98. The van der Waals surface area contributed by atoms with E-state index in [2.05, 4.69) is 167 Å². The molecule has 2 aromatic heterocycles. The number of para-hydroxylation sites is 4. The zero-order chi connectivity index (χ0) is 30.6. The molecule has 0 spiro atoms. The largest absolute Gasteiger partial charge is 0.309 e. The number of rotatable bonds is 4. The highest BCUT2D eigenvalue weighted by molar-refractivity contribution is 6.12. The van der Waals surface area contributed by atoms with Gasteiger partial charge < -0.3 is 9.13 Å². The summed E-state index contributed by atoms with van der Waals surface area (Å²) in [4.78, 5) is 0. The van der Waals surface area contributed by atoms with Crippen molar-refractivity contribution in [3.05, 3.63) is 169 Å². The van der Waals surface area contributed by atoms with Crippen LogP contribution in [0.4, 0.5) is 0 Å². The summed E-state index contributed by atoms with van der Waals surface area (Å²) >= 11 is 0. The summed E-state index contributed by atoms with van der Waals surface area (Å²) in [7, 11) is 0. The highest BCUT2D eigenvalue weighted by Crippen LogP contribution is 2.41. The van der Waals surface area contributed by atoms with E-state index in [0.717, 1.165) is 44.6 Å². The Morgan fingerprint density at radius 2 is 0.891 bits per heavy atom. The average molecular weight is 586 g/mol. The van der Waals surface area contributed by atoms with Gasteiger partial charge >= 0.3 is 0 Å². The fraction of sp³-hybridized carbons (Fsp3) is 0. The highest BCUT2D eigenvalue weighted by Gasteiger charge is 2.20. The number of hydrogen-bond acceptors (Lipinski definition) is 1. The lowest BCUT2D eigenvalue weighted by Gasteiger charge is -2.19. The molecule has 0 unspecified atom stereocenters. The summed E-state index contributed by atoms with van der Waals surface area (Å²) in [6.45, 7) is 0. The number of nitrogens with zero attached hydrogens (tertiary/aromatic N) is 3. The van der Waals surface area contributed by atoms with Crippen LogP contribution in [0.25, 0.3) is 77.2 Å². The van der Waals surface area contributed by atoms with Crippen molar-refractivity contribution in [3.63, 3.8) is 0 Å². The van der Waals surface area contributed by atoms with Crippen LogP contribution >= 0.6 is 0 Å². The van der Waals surface area contributed by atoms with Crippen molar-refractivity contribution >= 4 is 43.6 Å². The predicted molar refractivity (Wildman–Crippen MR) is 191 cm³/mol. The van der Waals surface area contributed by atoms with Gasteiger partial charge in [-0.2, -0.15) is 5.26 Å². The number of aromatic nitrogens is 2. The van der Waals surface area contributed by atoms with Crippen LogP contribution in [-0.4, -0.2) is 9.13 Å². The van der Waals surface area contributed by atoms with Gasteiger partial charge in [-0.05, 0) is 65.7 Å². The number of nitriles is 1. The van der Waals surface area contributed by atoms with E-state index in [-0.39, 0.29) is 0 Å². The fourth-order valence-corrected chi connectivity index (χ4v) is 7.14. The van der Waals surface area contributed by atoms with Crippen LogP contribution in [0.3, 0.4) is 0 Å². The molecule has 9 rings (SSSR count). The Bertz CT molecular complexity index is 2600. The first kappa shape index (κ1) is 26.1. The summed E-state index contributed by atoms with van der Waals surface area (Å²) in [6.07, 6.45) is 0. The Hall–Kier alpha value is -6.37. The molecule has 0 aliphatic rings. The van der Waals surface area contributed by atoms with Gasteiger partial charge in [-0.1, -0.05) is 109 Å². The van der Waals surface area contributed by atoms with Gasteiger partial charge in [-0.3, -0.25) is 0 Å². The topological polar surface area (TPSA) is 33.6 Å². The molecule has 7 aromatic carbocycles. The quantitative estimate of drug-likeness (QED) is 0.202. The Balaban J connectivity index is 1.35. The van der Waals surface area contributed by atoms with Gasteiger partial charge in [0.25, 0.3) is 0 Å². The van der Waals surface area contributed by atoms with Crippen molar-refractivity contribution in [1.82, 2.24) is 9.13 Å². The summed E-state index contributed by atoms with van der Waals surface area (Å²) in [5.74, 6) is 0. The SMILES string of the molecule is N#Cc1ccc(-n2c3ccccc3c3ccccc32)c(-c2ccccc2-n2c3ccccc3c3cc(-c4ccccc4)ccc32)c1. The van der Waals surface area contributed by atoms with Gasteiger partial charge in [0.05, 0.1) is 45.1 Å². The molecule has 3 nitrogen and oxygen atoms in total. The van der Waals surface area contributed by atoms with Crippen molar-refractivity contribution in [3.8, 4) is 39.7 Å². The maximum atomic E-state index is 10.1.